The highest BCUT2D eigenvalue weighted by Gasteiger charge is 2.59. The number of hydrogen-bond donors (Lipinski definition) is 0. The second-order valence-corrected chi connectivity index (χ2v) is 11.5. The maximum atomic E-state index is 13.6. The number of ether oxygens (including phenoxy) is 4. The highest BCUT2D eigenvalue weighted by Crippen LogP contribution is 2.46. The van der Waals surface area contributed by atoms with E-state index in [4.69, 9.17) is 65.4 Å². The molecule has 0 bridgehead atoms. The van der Waals surface area contributed by atoms with E-state index in [1.54, 1.807) is 6.92 Å². The number of imide groups is 1. The maximum absolute atomic E-state index is 13.6. The SMILES string of the molecule is CCS(=O)[C@@H]1O[C@H](COC(C)=O)[C@@H](OC(C)=O)[C@H](OC(C)=O)[C@H]1N1C(=O)c2c(Cl)c(Cl)c(Cl)c(Cl)c2C1=O. The first-order valence-corrected chi connectivity index (χ1v) is 13.9. The van der Waals surface area contributed by atoms with Gasteiger partial charge in [0.2, 0.25) is 0 Å². The van der Waals surface area contributed by atoms with Crippen molar-refractivity contribution in [2.45, 2.75) is 57.5 Å². The van der Waals surface area contributed by atoms with Crippen LogP contribution in [0.3, 0.4) is 0 Å². The van der Waals surface area contributed by atoms with Crippen molar-refractivity contribution in [2.24, 2.45) is 0 Å². The number of hydrogen-bond acceptors (Lipinski definition) is 10. The summed E-state index contributed by atoms with van der Waals surface area (Å²) in [5.41, 5.74) is -2.23. The summed E-state index contributed by atoms with van der Waals surface area (Å²) >= 11 is 24.7. The molecule has 0 saturated carbocycles. The topological polar surface area (TPSA) is 143 Å². The second kappa shape index (κ2) is 12.1. The van der Waals surface area contributed by atoms with Crippen molar-refractivity contribution in [3.63, 3.8) is 0 Å². The van der Waals surface area contributed by atoms with E-state index in [9.17, 15) is 28.2 Å². The van der Waals surface area contributed by atoms with E-state index in [2.05, 4.69) is 0 Å². The van der Waals surface area contributed by atoms with Crippen LogP contribution in [0.25, 0.3) is 0 Å². The average Bonchev–Trinajstić information content (AvgIpc) is 3.09. The van der Waals surface area contributed by atoms with Crippen LogP contribution < -0.4 is 0 Å². The Morgan fingerprint density at radius 1 is 0.842 bits per heavy atom. The monoisotopic (exact) mass is 631 g/mol. The molecule has 2 amide bonds. The van der Waals surface area contributed by atoms with Crippen molar-refractivity contribution >= 4 is 86.9 Å². The Labute approximate surface area is 239 Å². The van der Waals surface area contributed by atoms with Crippen LogP contribution in [0, 0.1) is 0 Å². The Bertz CT molecular complexity index is 1190. The van der Waals surface area contributed by atoms with E-state index in [-0.39, 0.29) is 37.0 Å². The molecule has 2 heterocycles. The van der Waals surface area contributed by atoms with Gasteiger partial charge in [-0.15, -0.1) is 0 Å². The number of rotatable bonds is 7. The zero-order valence-electron chi connectivity index (χ0n) is 20.3. The Hall–Kier alpha value is -1.96. The highest BCUT2D eigenvalue weighted by atomic mass is 35.5. The molecule has 1 aromatic rings. The molecule has 0 radical (unpaired) electrons. The van der Waals surface area contributed by atoms with Crippen LogP contribution in [-0.2, 0) is 44.1 Å². The molecule has 6 atom stereocenters. The van der Waals surface area contributed by atoms with Crippen LogP contribution in [0.1, 0.15) is 48.4 Å². The van der Waals surface area contributed by atoms with Gasteiger partial charge in [-0.3, -0.25) is 33.1 Å². The van der Waals surface area contributed by atoms with Crippen LogP contribution in [0.4, 0.5) is 0 Å². The molecule has 1 aromatic carbocycles. The lowest BCUT2D eigenvalue weighted by Crippen LogP contribution is -2.68. The molecule has 0 aromatic heterocycles. The number of amides is 2. The predicted octanol–water partition coefficient (Wildman–Crippen LogP) is 3.18. The van der Waals surface area contributed by atoms with Gasteiger partial charge in [0, 0.05) is 26.5 Å². The number of nitrogens with zero attached hydrogens (tertiary/aromatic N) is 1. The van der Waals surface area contributed by atoms with Crippen molar-refractivity contribution in [1.29, 1.82) is 0 Å². The molecular formula is C22H21Cl4NO10S. The zero-order chi connectivity index (χ0) is 28.6. The Morgan fingerprint density at radius 2 is 1.32 bits per heavy atom. The molecule has 208 valence electrons. The number of carbonyl (C=O) groups is 5. The predicted molar refractivity (Wildman–Crippen MR) is 136 cm³/mol. The minimum atomic E-state index is -1.91. The Kier molecular flexibility index (Phi) is 9.70. The highest BCUT2D eigenvalue weighted by molar-refractivity contribution is 7.85. The van der Waals surface area contributed by atoms with Crippen molar-refractivity contribution in [3.8, 4) is 0 Å². The average molecular weight is 633 g/mol. The van der Waals surface area contributed by atoms with Gasteiger partial charge in [-0.25, -0.2) is 0 Å². The van der Waals surface area contributed by atoms with Crippen LogP contribution in [0.5, 0.6) is 0 Å². The third-order valence-corrected chi connectivity index (χ3v) is 8.92. The van der Waals surface area contributed by atoms with Crippen LogP contribution in [-0.4, -0.2) is 81.0 Å². The normalized spacial score (nSPS) is 25.6. The largest absolute Gasteiger partial charge is 0.463 e. The maximum Gasteiger partial charge on any atom is 0.303 e. The van der Waals surface area contributed by atoms with Gasteiger partial charge in [0.05, 0.1) is 42.0 Å². The molecule has 38 heavy (non-hydrogen) atoms. The molecule has 0 aliphatic carbocycles. The summed E-state index contributed by atoms with van der Waals surface area (Å²) in [5.74, 6) is -4.48. The fourth-order valence-corrected chi connectivity index (χ4v) is 6.37. The third kappa shape index (κ3) is 5.66. The quantitative estimate of drug-likeness (QED) is 0.145. The molecule has 1 saturated heterocycles. The Morgan fingerprint density at radius 3 is 1.74 bits per heavy atom. The molecule has 16 heteroatoms. The summed E-state index contributed by atoms with van der Waals surface area (Å²) in [5, 5.41) is -1.25. The van der Waals surface area contributed by atoms with E-state index in [1.165, 1.54) is 0 Å². The lowest BCUT2D eigenvalue weighted by atomic mass is 9.96. The molecular weight excluding hydrogens is 612 g/mol. The van der Waals surface area contributed by atoms with Gasteiger partial charge < -0.3 is 18.9 Å². The molecule has 1 unspecified atom stereocenters. The first-order valence-electron chi connectivity index (χ1n) is 11.0. The molecule has 2 aliphatic rings. The van der Waals surface area contributed by atoms with Gasteiger partial charge in [-0.2, -0.15) is 0 Å². The number of fused-ring (bicyclic) bond motifs is 1. The van der Waals surface area contributed by atoms with E-state index in [0.29, 0.717) is 4.90 Å². The fourth-order valence-electron chi connectivity index (χ4n) is 4.18. The van der Waals surface area contributed by atoms with Gasteiger partial charge in [0.15, 0.2) is 17.6 Å². The van der Waals surface area contributed by atoms with Crippen molar-refractivity contribution in [2.75, 3.05) is 12.4 Å². The third-order valence-electron chi connectivity index (χ3n) is 5.64. The second-order valence-electron chi connectivity index (χ2n) is 8.14. The minimum absolute atomic E-state index is 0.0190. The van der Waals surface area contributed by atoms with Crippen LogP contribution in [0.15, 0.2) is 0 Å². The van der Waals surface area contributed by atoms with Gasteiger partial charge in [-0.1, -0.05) is 53.3 Å². The van der Waals surface area contributed by atoms with E-state index < -0.39 is 76.9 Å². The molecule has 11 nitrogen and oxygen atoms in total. The molecule has 0 spiro atoms. The molecule has 0 N–H and O–H groups in total. The van der Waals surface area contributed by atoms with Crippen LogP contribution >= 0.6 is 46.4 Å². The number of benzene rings is 1. The lowest BCUT2D eigenvalue weighted by Gasteiger charge is -2.47. The molecule has 2 aliphatic heterocycles. The fraction of sp³-hybridized carbons (Fsp3) is 0.500. The minimum Gasteiger partial charge on any atom is -0.463 e. The number of carbonyl (C=O) groups excluding carboxylic acids is 5. The smallest absolute Gasteiger partial charge is 0.303 e. The zero-order valence-corrected chi connectivity index (χ0v) is 24.1. The number of esters is 3. The first-order chi connectivity index (χ1) is 17.7. The lowest BCUT2D eigenvalue weighted by molar-refractivity contribution is -0.217. The van der Waals surface area contributed by atoms with Crippen molar-refractivity contribution in [1.82, 2.24) is 4.90 Å². The standard InChI is InChI=1S/C22H21Cl4NO10S/c1-5-38(33)22-17(27-20(31)11-12(21(27)32)14(24)16(26)15(25)13(11)23)19(36-9(4)30)18(35-8(3)29)10(37-22)6-34-7(2)28/h10,17-19,22H,5-6H2,1-4H3/t10-,17-,18-,19-,22+,38?/m1/s1. The van der Waals surface area contributed by atoms with Gasteiger partial charge in [0.1, 0.15) is 18.8 Å². The summed E-state index contributed by atoms with van der Waals surface area (Å²) < 4.78 is 35.0. The summed E-state index contributed by atoms with van der Waals surface area (Å²) in [6, 6.07) is -1.60. The molecule has 1 fully saturated rings. The van der Waals surface area contributed by atoms with Crippen molar-refractivity contribution < 1.29 is 47.1 Å². The first kappa shape index (κ1) is 30.6. The number of halogens is 4. The summed E-state index contributed by atoms with van der Waals surface area (Å²) in [6.45, 7) is 4.29. The molecule has 3 rings (SSSR count). The van der Waals surface area contributed by atoms with E-state index in [0.717, 1.165) is 20.8 Å². The van der Waals surface area contributed by atoms with Gasteiger partial charge >= 0.3 is 17.9 Å². The Balaban J connectivity index is 2.23. The summed E-state index contributed by atoms with van der Waals surface area (Å²) in [4.78, 5) is 63.6. The van der Waals surface area contributed by atoms with Crippen LogP contribution in [0.2, 0.25) is 20.1 Å². The summed E-state index contributed by atoms with van der Waals surface area (Å²) in [7, 11) is -1.91. The summed E-state index contributed by atoms with van der Waals surface area (Å²) in [6.07, 6.45) is -4.37. The van der Waals surface area contributed by atoms with Crippen molar-refractivity contribution in [3.05, 3.63) is 31.2 Å². The van der Waals surface area contributed by atoms with E-state index >= 15 is 0 Å². The van der Waals surface area contributed by atoms with Gasteiger partial charge in [-0.05, 0) is 0 Å². The van der Waals surface area contributed by atoms with E-state index in [1.807, 2.05) is 0 Å². The van der Waals surface area contributed by atoms with Gasteiger partial charge in [0.25, 0.3) is 11.8 Å².